The number of hydrogen-bond acceptors (Lipinski definition) is 5. The lowest BCUT2D eigenvalue weighted by atomic mass is 10.1. The predicted octanol–water partition coefficient (Wildman–Crippen LogP) is 2.92. The van der Waals surface area contributed by atoms with Gasteiger partial charge in [-0.15, -0.1) is 0 Å². The van der Waals surface area contributed by atoms with E-state index in [4.69, 9.17) is 0 Å². The fraction of sp³-hybridized carbons (Fsp3) is 0.421. The summed E-state index contributed by atoms with van der Waals surface area (Å²) in [5.74, 6) is 0.247. The molecule has 0 unspecified atom stereocenters. The topological polar surface area (TPSA) is 61.4 Å². The number of nitrogens with one attached hydrogen (secondary N) is 1. The summed E-state index contributed by atoms with van der Waals surface area (Å²) < 4.78 is 13.6. The van der Waals surface area contributed by atoms with Crippen molar-refractivity contribution in [1.29, 1.82) is 0 Å². The number of benzene rings is 1. The summed E-state index contributed by atoms with van der Waals surface area (Å²) in [7, 11) is 3.46. The molecule has 3 rings (SSSR count). The van der Waals surface area contributed by atoms with Crippen LogP contribution < -0.4 is 10.2 Å². The zero-order valence-corrected chi connectivity index (χ0v) is 15.2. The number of nitrogens with zero attached hydrogens (tertiary/aromatic N) is 4. The number of halogens is 1. The van der Waals surface area contributed by atoms with E-state index in [0.29, 0.717) is 18.1 Å². The van der Waals surface area contributed by atoms with Crippen LogP contribution in [0.25, 0.3) is 0 Å². The van der Waals surface area contributed by atoms with Crippen molar-refractivity contribution in [3.63, 3.8) is 0 Å². The van der Waals surface area contributed by atoms with Crippen LogP contribution in [0.2, 0.25) is 0 Å². The van der Waals surface area contributed by atoms with Gasteiger partial charge in [0.2, 0.25) is 5.95 Å². The van der Waals surface area contributed by atoms with E-state index in [-0.39, 0.29) is 11.7 Å². The van der Waals surface area contributed by atoms with E-state index < -0.39 is 5.82 Å². The monoisotopic (exact) mass is 357 g/mol. The molecule has 26 heavy (non-hydrogen) atoms. The molecule has 0 radical (unpaired) electrons. The van der Waals surface area contributed by atoms with Crippen LogP contribution in [0.4, 0.5) is 16.2 Å². The molecule has 1 amide bonds. The van der Waals surface area contributed by atoms with Gasteiger partial charge in [-0.1, -0.05) is 12.1 Å². The summed E-state index contributed by atoms with van der Waals surface area (Å²) in [6, 6.07) is 7.54. The molecule has 1 saturated heterocycles. The lowest BCUT2D eigenvalue weighted by molar-refractivity contribution is 0.0724. The van der Waals surface area contributed by atoms with Gasteiger partial charge in [0.25, 0.3) is 5.91 Å². The Hall–Kier alpha value is -2.70. The van der Waals surface area contributed by atoms with Crippen molar-refractivity contribution in [1.82, 2.24) is 14.9 Å². The van der Waals surface area contributed by atoms with Gasteiger partial charge < -0.3 is 15.1 Å². The van der Waals surface area contributed by atoms with Crippen LogP contribution in [0.1, 0.15) is 35.2 Å². The molecule has 1 aliphatic heterocycles. The van der Waals surface area contributed by atoms with E-state index in [1.165, 1.54) is 6.42 Å². The van der Waals surface area contributed by atoms with Crippen molar-refractivity contribution >= 4 is 17.7 Å². The molecule has 0 saturated carbocycles. The normalized spacial score (nSPS) is 14.2. The Morgan fingerprint density at radius 3 is 2.54 bits per heavy atom. The van der Waals surface area contributed by atoms with Crippen LogP contribution in [0.5, 0.6) is 0 Å². The highest BCUT2D eigenvalue weighted by Gasteiger charge is 2.17. The minimum Gasteiger partial charge on any atom is -0.360 e. The fourth-order valence-corrected chi connectivity index (χ4v) is 2.98. The van der Waals surface area contributed by atoms with Gasteiger partial charge in [-0.2, -0.15) is 4.98 Å². The highest BCUT2D eigenvalue weighted by atomic mass is 19.1. The fourth-order valence-electron chi connectivity index (χ4n) is 2.98. The second kappa shape index (κ2) is 8.12. The van der Waals surface area contributed by atoms with Gasteiger partial charge >= 0.3 is 0 Å². The lowest BCUT2D eigenvalue weighted by Gasteiger charge is -2.26. The quantitative estimate of drug-likeness (QED) is 0.891. The van der Waals surface area contributed by atoms with Crippen LogP contribution in [-0.2, 0) is 6.54 Å². The van der Waals surface area contributed by atoms with Gasteiger partial charge in [-0.05, 0) is 37.0 Å². The molecular formula is C19H24FN5O. The molecule has 0 atom stereocenters. The van der Waals surface area contributed by atoms with E-state index in [1.807, 2.05) is 29.2 Å². The molecule has 2 aromatic rings. The Morgan fingerprint density at radius 1 is 1.19 bits per heavy atom. The van der Waals surface area contributed by atoms with Crippen LogP contribution >= 0.6 is 0 Å². The molecule has 138 valence electrons. The number of carbonyl (C=O) groups is 1. The number of carbonyl (C=O) groups excluding carboxylic acids is 1. The summed E-state index contributed by atoms with van der Waals surface area (Å²) >= 11 is 0. The van der Waals surface area contributed by atoms with E-state index >= 15 is 0 Å². The maximum absolute atomic E-state index is 13.6. The number of amides is 1. The Labute approximate surface area is 153 Å². The summed E-state index contributed by atoms with van der Waals surface area (Å²) in [6.07, 6.45) is 4.53. The number of aromatic nitrogens is 2. The van der Waals surface area contributed by atoms with Gasteiger partial charge in [0, 0.05) is 39.3 Å². The number of hydrogen-bond donors (Lipinski definition) is 1. The summed E-state index contributed by atoms with van der Waals surface area (Å²) in [5.41, 5.74) is 1.71. The van der Waals surface area contributed by atoms with Gasteiger partial charge in [-0.25, -0.2) is 9.37 Å². The van der Waals surface area contributed by atoms with Gasteiger partial charge in [0.05, 0.1) is 6.20 Å². The zero-order valence-electron chi connectivity index (χ0n) is 15.2. The molecule has 0 bridgehead atoms. The number of anilines is 2. The number of rotatable bonds is 5. The molecule has 2 heterocycles. The van der Waals surface area contributed by atoms with E-state index in [1.54, 1.807) is 19.0 Å². The van der Waals surface area contributed by atoms with Crippen molar-refractivity contribution in [3.05, 3.63) is 47.4 Å². The standard InChI is InChI=1S/C19H24FN5O/c1-24(2)17-16(20)13-22-19(23-17)21-12-14-6-8-15(9-7-14)18(26)25-10-4-3-5-11-25/h6-9,13H,3-5,10-12H2,1-2H3,(H,21,22,23). The van der Waals surface area contributed by atoms with E-state index in [2.05, 4.69) is 15.3 Å². The van der Waals surface area contributed by atoms with Crippen molar-refractivity contribution < 1.29 is 9.18 Å². The third-order valence-corrected chi connectivity index (χ3v) is 4.44. The second-order valence-electron chi connectivity index (χ2n) is 6.66. The van der Waals surface area contributed by atoms with Gasteiger partial charge in [-0.3, -0.25) is 4.79 Å². The predicted molar refractivity (Wildman–Crippen MR) is 99.8 cm³/mol. The molecule has 1 fully saturated rings. The highest BCUT2D eigenvalue weighted by Crippen LogP contribution is 2.16. The Bertz CT molecular complexity index is 757. The zero-order chi connectivity index (χ0) is 18.5. The average Bonchev–Trinajstić information content (AvgIpc) is 2.67. The first-order valence-electron chi connectivity index (χ1n) is 8.86. The molecule has 1 aromatic heterocycles. The van der Waals surface area contributed by atoms with E-state index in [0.717, 1.165) is 37.7 Å². The maximum Gasteiger partial charge on any atom is 0.253 e. The summed E-state index contributed by atoms with van der Waals surface area (Å²) in [5, 5.41) is 3.08. The molecular weight excluding hydrogens is 333 g/mol. The molecule has 0 aliphatic carbocycles. The lowest BCUT2D eigenvalue weighted by Crippen LogP contribution is -2.35. The molecule has 1 N–H and O–H groups in total. The van der Waals surface area contributed by atoms with Crippen LogP contribution in [-0.4, -0.2) is 48.0 Å². The average molecular weight is 357 g/mol. The number of likely N-dealkylation sites (tertiary alicyclic amines) is 1. The van der Waals surface area contributed by atoms with Crippen molar-refractivity contribution in [2.45, 2.75) is 25.8 Å². The first-order valence-corrected chi connectivity index (χ1v) is 8.86. The largest absolute Gasteiger partial charge is 0.360 e. The van der Waals surface area contributed by atoms with Crippen molar-refractivity contribution in [3.8, 4) is 0 Å². The molecule has 7 heteroatoms. The summed E-state index contributed by atoms with van der Waals surface area (Å²) in [4.78, 5) is 24.1. The Kier molecular flexibility index (Phi) is 5.65. The van der Waals surface area contributed by atoms with Crippen molar-refractivity contribution in [2.24, 2.45) is 0 Å². The Balaban J connectivity index is 1.61. The van der Waals surface area contributed by atoms with Gasteiger partial charge in [0.15, 0.2) is 11.6 Å². The van der Waals surface area contributed by atoms with Crippen molar-refractivity contribution in [2.75, 3.05) is 37.4 Å². The summed E-state index contributed by atoms with van der Waals surface area (Å²) in [6.45, 7) is 2.19. The molecule has 6 nitrogen and oxygen atoms in total. The molecule has 1 aliphatic rings. The molecule has 1 aromatic carbocycles. The van der Waals surface area contributed by atoms with Crippen LogP contribution in [0.3, 0.4) is 0 Å². The van der Waals surface area contributed by atoms with Crippen LogP contribution in [0, 0.1) is 5.82 Å². The Morgan fingerprint density at radius 2 is 1.88 bits per heavy atom. The maximum atomic E-state index is 13.6. The molecule has 0 spiro atoms. The highest BCUT2D eigenvalue weighted by molar-refractivity contribution is 5.94. The van der Waals surface area contributed by atoms with E-state index in [9.17, 15) is 9.18 Å². The minimum absolute atomic E-state index is 0.0988. The third kappa shape index (κ3) is 4.28. The second-order valence-corrected chi connectivity index (χ2v) is 6.66. The SMILES string of the molecule is CN(C)c1nc(NCc2ccc(C(=O)N3CCCCC3)cc2)ncc1F. The van der Waals surface area contributed by atoms with Gasteiger partial charge in [0.1, 0.15) is 0 Å². The smallest absolute Gasteiger partial charge is 0.253 e. The third-order valence-electron chi connectivity index (χ3n) is 4.44. The van der Waals surface area contributed by atoms with Crippen LogP contribution in [0.15, 0.2) is 30.5 Å². The number of piperidine rings is 1. The first-order chi connectivity index (χ1) is 12.5. The first kappa shape index (κ1) is 18.1. The minimum atomic E-state index is -0.457.